The van der Waals surface area contributed by atoms with Gasteiger partial charge >= 0.3 is 0 Å². The maximum absolute atomic E-state index is 4.04. The molecule has 0 aliphatic carbocycles. The molecule has 0 spiro atoms. The van der Waals surface area contributed by atoms with Gasteiger partial charge < -0.3 is 0 Å². The third-order valence-electron chi connectivity index (χ3n) is 4.70. The molecule has 134 valence electrons. The van der Waals surface area contributed by atoms with E-state index < -0.39 is 0 Å². The van der Waals surface area contributed by atoms with Crippen LogP contribution in [0.3, 0.4) is 0 Å². The minimum atomic E-state index is 0.0840. The Labute approximate surface area is 158 Å². The summed E-state index contributed by atoms with van der Waals surface area (Å²) in [6, 6.07) is 29.6. The molecule has 4 rings (SSSR count). The van der Waals surface area contributed by atoms with E-state index in [2.05, 4.69) is 93.5 Å². The van der Waals surface area contributed by atoms with Crippen LogP contribution in [0, 0.1) is 0 Å². The Kier molecular flexibility index (Phi) is 5.03. The van der Waals surface area contributed by atoms with Crippen LogP contribution in [-0.4, -0.2) is 20.6 Å². The quantitative estimate of drug-likeness (QED) is 0.541. The van der Waals surface area contributed by atoms with Crippen molar-refractivity contribution in [1.82, 2.24) is 25.9 Å². The Hall–Kier alpha value is -3.31. The highest BCUT2D eigenvalue weighted by molar-refractivity contribution is 5.54. The molecule has 2 unspecified atom stereocenters. The maximum atomic E-state index is 4.04. The molecular weight excluding hydrogens is 334 g/mol. The third-order valence-corrected chi connectivity index (χ3v) is 4.70. The molecule has 1 aromatic heterocycles. The van der Waals surface area contributed by atoms with E-state index in [-0.39, 0.29) is 12.1 Å². The van der Waals surface area contributed by atoms with Gasteiger partial charge in [-0.3, -0.25) is 5.32 Å². The van der Waals surface area contributed by atoms with Gasteiger partial charge in [0.15, 0.2) is 0 Å². The van der Waals surface area contributed by atoms with Crippen molar-refractivity contribution in [2.45, 2.75) is 19.0 Å². The number of hydrogen-bond donors (Lipinski definition) is 2. The van der Waals surface area contributed by atoms with Crippen LogP contribution in [0.2, 0.25) is 0 Å². The zero-order valence-corrected chi connectivity index (χ0v) is 15.1. The lowest BCUT2D eigenvalue weighted by atomic mass is 9.96. The minimum absolute atomic E-state index is 0.0840. The molecule has 3 aromatic carbocycles. The molecule has 2 atom stereocenters. The highest BCUT2D eigenvalue weighted by Crippen LogP contribution is 2.27. The van der Waals surface area contributed by atoms with Gasteiger partial charge in [-0.1, -0.05) is 84.9 Å². The van der Waals surface area contributed by atoms with E-state index in [1.165, 1.54) is 16.7 Å². The monoisotopic (exact) mass is 355 g/mol. The van der Waals surface area contributed by atoms with Gasteiger partial charge in [0.25, 0.3) is 0 Å². The van der Waals surface area contributed by atoms with E-state index in [1.54, 1.807) is 0 Å². The largest absolute Gasteiger partial charge is 0.300 e. The molecule has 0 saturated carbocycles. The predicted octanol–water partition coefficient (Wildman–Crippen LogP) is 4.31. The van der Waals surface area contributed by atoms with Gasteiger partial charge in [-0.15, -0.1) is 10.2 Å². The molecule has 1 heterocycles. The standard InChI is InChI=1S/C22H21N5/c1-16(17-8-4-2-5-9-17)23-21(18-10-6-3-7-11-18)19-12-14-20(15-13-19)22-24-26-27-25-22/h2-16,21,23H,1H3,(H,24,25,26,27). The second-order valence-electron chi connectivity index (χ2n) is 6.50. The van der Waals surface area contributed by atoms with Crippen molar-refractivity contribution in [3.8, 4) is 11.4 Å². The summed E-state index contributed by atoms with van der Waals surface area (Å²) in [5, 5.41) is 18.0. The minimum Gasteiger partial charge on any atom is -0.300 e. The van der Waals surface area contributed by atoms with Crippen LogP contribution in [-0.2, 0) is 0 Å². The van der Waals surface area contributed by atoms with E-state index >= 15 is 0 Å². The summed E-state index contributed by atoms with van der Waals surface area (Å²) in [5.41, 5.74) is 4.63. The summed E-state index contributed by atoms with van der Waals surface area (Å²) < 4.78 is 0. The Bertz CT molecular complexity index is 951. The average molecular weight is 355 g/mol. The lowest BCUT2D eigenvalue weighted by Crippen LogP contribution is -2.25. The smallest absolute Gasteiger partial charge is 0.204 e. The van der Waals surface area contributed by atoms with Crippen molar-refractivity contribution in [3.63, 3.8) is 0 Å². The maximum Gasteiger partial charge on any atom is 0.204 e. The summed E-state index contributed by atoms with van der Waals surface area (Å²) in [4.78, 5) is 0. The number of hydrogen-bond acceptors (Lipinski definition) is 4. The third kappa shape index (κ3) is 3.93. The van der Waals surface area contributed by atoms with Crippen molar-refractivity contribution < 1.29 is 0 Å². The molecule has 0 fully saturated rings. The molecule has 2 N–H and O–H groups in total. The van der Waals surface area contributed by atoms with Crippen LogP contribution in [0.5, 0.6) is 0 Å². The molecular formula is C22H21N5. The van der Waals surface area contributed by atoms with Gasteiger partial charge in [-0.25, -0.2) is 0 Å². The summed E-state index contributed by atoms with van der Waals surface area (Å²) in [6.45, 7) is 2.19. The Balaban J connectivity index is 1.64. The molecule has 5 heteroatoms. The first-order valence-electron chi connectivity index (χ1n) is 9.01. The van der Waals surface area contributed by atoms with Crippen LogP contribution >= 0.6 is 0 Å². The number of tetrazole rings is 1. The summed E-state index contributed by atoms with van der Waals surface area (Å²) in [6.07, 6.45) is 0. The van der Waals surface area contributed by atoms with E-state index in [0.717, 1.165) is 5.56 Å². The van der Waals surface area contributed by atoms with Crippen LogP contribution in [0.15, 0.2) is 84.9 Å². The SMILES string of the molecule is CC(NC(c1ccccc1)c1ccc(-c2nn[nH]n2)cc1)c1ccccc1. The predicted molar refractivity (Wildman–Crippen MR) is 106 cm³/mol. The van der Waals surface area contributed by atoms with E-state index in [1.807, 2.05) is 24.3 Å². The van der Waals surface area contributed by atoms with Gasteiger partial charge in [-0.05, 0) is 28.8 Å². The molecule has 0 saturated heterocycles. The highest BCUT2D eigenvalue weighted by atomic mass is 15.5. The van der Waals surface area contributed by atoms with E-state index in [0.29, 0.717) is 5.82 Å². The number of aromatic nitrogens is 4. The highest BCUT2D eigenvalue weighted by Gasteiger charge is 2.17. The van der Waals surface area contributed by atoms with Crippen LogP contribution < -0.4 is 5.32 Å². The molecule has 0 aliphatic rings. The average Bonchev–Trinajstić information content (AvgIpc) is 3.28. The molecule has 27 heavy (non-hydrogen) atoms. The fourth-order valence-corrected chi connectivity index (χ4v) is 3.23. The molecule has 0 amide bonds. The first-order chi connectivity index (χ1) is 13.3. The van der Waals surface area contributed by atoms with Crippen LogP contribution in [0.25, 0.3) is 11.4 Å². The number of aromatic amines is 1. The Morgan fingerprint density at radius 1 is 0.741 bits per heavy atom. The summed E-state index contributed by atoms with van der Waals surface area (Å²) in [7, 11) is 0. The second kappa shape index (κ2) is 7.93. The fourth-order valence-electron chi connectivity index (χ4n) is 3.23. The molecule has 4 aromatic rings. The number of rotatable bonds is 6. The second-order valence-corrected chi connectivity index (χ2v) is 6.50. The number of benzene rings is 3. The Morgan fingerprint density at radius 2 is 1.33 bits per heavy atom. The van der Waals surface area contributed by atoms with Crippen LogP contribution in [0.1, 0.15) is 35.7 Å². The zero-order valence-electron chi connectivity index (χ0n) is 15.1. The van der Waals surface area contributed by atoms with Crippen molar-refractivity contribution in [1.29, 1.82) is 0 Å². The van der Waals surface area contributed by atoms with Crippen molar-refractivity contribution in [3.05, 3.63) is 102 Å². The molecule has 0 aliphatic heterocycles. The summed E-state index contributed by atoms with van der Waals surface area (Å²) >= 11 is 0. The first kappa shape index (κ1) is 17.1. The lowest BCUT2D eigenvalue weighted by Gasteiger charge is -2.25. The van der Waals surface area contributed by atoms with Crippen LogP contribution in [0.4, 0.5) is 0 Å². The molecule has 0 radical (unpaired) electrons. The van der Waals surface area contributed by atoms with E-state index in [4.69, 9.17) is 0 Å². The fraction of sp³-hybridized carbons (Fsp3) is 0.136. The van der Waals surface area contributed by atoms with Crippen molar-refractivity contribution in [2.24, 2.45) is 0 Å². The number of nitrogens with one attached hydrogen (secondary N) is 2. The molecule has 5 nitrogen and oxygen atoms in total. The normalized spacial score (nSPS) is 13.2. The number of H-pyrrole nitrogens is 1. The number of nitrogens with zero attached hydrogens (tertiary/aromatic N) is 3. The topological polar surface area (TPSA) is 66.5 Å². The molecule has 0 bridgehead atoms. The Morgan fingerprint density at radius 3 is 1.93 bits per heavy atom. The van der Waals surface area contributed by atoms with Crippen molar-refractivity contribution in [2.75, 3.05) is 0 Å². The van der Waals surface area contributed by atoms with Gasteiger partial charge in [0.05, 0.1) is 6.04 Å². The van der Waals surface area contributed by atoms with Gasteiger partial charge in [-0.2, -0.15) is 5.21 Å². The van der Waals surface area contributed by atoms with E-state index in [9.17, 15) is 0 Å². The van der Waals surface area contributed by atoms with Gasteiger partial charge in [0, 0.05) is 11.6 Å². The van der Waals surface area contributed by atoms with Crippen molar-refractivity contribution >= 4 is 0 Å². The van der Waals surface area contributed by atoms with Gasteiger partial charge in [0.2, 0.25) is 5.82 Å². The first-order valence-corrected chi connectivity index (χ1v) is 9.01. The lowest BCUT2D eigenvalue weighted by molar-refractivity contribution is 0.516. The van der Waals surface area contributed by atoms with Gasteiger partial charge in [0.1, 0.15) is 0 Å². The summed E-state index contributed by atoms with van der Waals surface area (Å²) in [5.74, 6) is 0.600. The zero-order chi connectivity index (χ0) is 18.5.